The van der Waals surface area contributed by atoms with Gasteiger partial charge in [-0.15, -0.1) is 10.2 Å². The number of para-hydroxylation sites is 1. The molecule has 0 radical (unpaired) electrons. The second-order valence-electron chi connectivity index (χ2n) is 7.97. The number of carbonyl (C=O) groups excluding carboxylic acids is 1. The monoisotopic (exact) mass is 706 g/mol. The van der Waals surface area contributed by atoms with Gasteiger partial charge in [-0.05, 0) is 78.0 Å². The standard InChI is InChI=1S/C26H24BrIN6O3S/c1-16(25(36)32-30-14-17-12-18(27)13-22(37-2)24(17)35)38-26-33-31-23(34(26)21-6-4-3-5-7-21)15-29-20-10-8-19(28)9-11-20/h3-14,16,29,35H,15H2,1-2H3,(H,32,36)/b30-14-/t16-/m1/s1. The zero-order chi connectivity index (χ0) is 27.1. The van der Waals surface area contributed by atoms with Gasteiger partial charge in [0.1, 0.15) is 0 Å². The molecule has 0 fully saturated rings. The van der Waals surface area contributed by atoms with E-state index in [1.165, 1.54) is 25.1 Å². The maximum Gasteiger partial charge on any atom is 0.253 e. The number of aromatic hydroxyl groups is 1. The number of benzene rings is 3. The average Bonchev–Trinajstić information content (AvgIpc) is 3.32. The zero-order valence-corrected chi connectivity index (χ0v) is 25.0. The van der Waals surface area contributed by atoms with Crippen LogP contribution in [0.1, 0.15) is 18.3 Å². The molecule has 0 bridgehead atoms. The third-order valence-corrected chi connectivity index (χ3v) is 7.55. The van der Waals surface area contributed by atoms with E-state index in [4.69, 9.17) is 4.74 Å². The Morgan fingerprint density at radius 2 is 1.95 bits per heavy atom. The van der Waals surface area contributed by atoms with Crippen molar-refractivity contribution in [3.05, 3.63) is 86.2 Å². The number of rotatable bonds is 10. The van der Waals surface area contributed by atoms with Gasteiger partial charge in [-0.1, -0.05) is 45.9 Å². The molecular weight excluding hydrogens is 683 g/mol. The van der Waals surface area contributed by atoms with Crippen molar-refractivity contribution in [2.45, 2.75) is 23.9 Å². The second kappa shape index (κ2) is 13.1. The van der Waals surface area contributed by atoms with Gasteiger partial charge in [-0.3, -0.25) is 9.36 Å². The van der Waals surface area contributed by atoms with Crippen molar-refractivity contribution in [3.8, 4) is 17.2 Å². The van der Waals surface area contributed by atoms with Crippen LogP contribution in [0.5, 0.6) is 11.5 Å². The number of amides is 1. The molecule has 3 aromatic carbocycles. The van der Waals surface area contributed by atoms with Crippen LogP contribution in [0.4, 0.5) is 5.69 Å². The first-order valence-electron chi connectivity index (χ1n) is 11.4. The number of ether oxygens (including phenoxy) is 1. The number of anilines is 1. The molecule has 9 nitrogen and oxygen atoms in total. The molecule has 4 aromatic rings. The van der Waals surface area contributed by atoms with E-state index < -0.39 is 5.25 Å². The first kappa shape index (κ1) is 27.9. The van der Waals surface area contributed by atoms with Gasteiger partial charge in [-0.2, -0.15) is 5.10 Å². The molecule has 1 amide bonds. The summed E-state index contributed by atoms with van der Waals surface area (Å²) in [7, 11) is 1.46. The van der Waals surface area contributed by atoms with E-state index in [1.807, 2.05) is 59.2 Å². The minimum absolute atomic E-state index is 0.0709. The molecule has 1 atom stereocenters. The van der Waals surface area contributed by atoms with Gasteiger partial charge in [0.05, 0.1) is 25.1 Å². The number of thioether (sulfide) groups is 1. The number of hydrogen-bond donors (Lipinski definition) is 3. The van der Waals surface area contributed by atoms with E-state index in [9.17, 15) is 9.90 Å². The summed E-state index contributed by atoms with van der Waals surface area (Å²) in [6, 6.07) is 21.1. The fourth-order valence-corrected chi connectivity index (χ4v) is 5.09. The number of hydrazone groups is 1. The van der Waals surface area contributed by atoms with Crippen LogP contribution in [0.25, 0.3) is 5.69 Å². The lowest BCUT2D eigenvalue weighted by molar-refractivity contribution is -0.120. The third kappa shape index (κ3) is 7.05. The molecule has 0 saturated carbocycles. The first-order valence-corrected chi connectivity index (χ1v) is 14.2. The molecule has 0 aliphatic heterocycles. The van der Waals surface area contributed by atoms with Crippen LogP contribution in [-0.4, -0.2) is 44.4 Å². The lowest BCUT2D eigenvalue weighted by atomic mass is 10.2. The summed E-state index contributed by atoms with van der Waals surface area (Å²) in [6.45, 7) is 2.22. The van der Waals surface area contributed by atoms with E-state index in [1.54, 1.807) is 19.1 Å². The number of hydrogen-bond acceptors (Lipinski definition) is 8. The van der Waals surface area contributed by atoms with Gasteiger partial charge < -0.3 is 15.2 Å². The Morgan fingerprint density at radius 1 is 1.21 bits per heavy atom. The van der Waals surface area contributed by atoms with Crippen molar-refractivity contribution in [2.75, 3.05) is 12.4 Å². The van der Waals surface area contributed by atoms with Crippen LogP contribution in [-0.2, 0) is 11.3 Å². The average molecular weight is 707 g/mol. The number of aromatic nitrogens is 3. The van der Waals surface area contributed by atoms with Crippen LogP contribution >= 0.6 is 50.3 Å². The SMILES string of the molecule is COc1cc(Br)cc(/C=N\NC(=O)[C@@H](C)Sc2nnc(CNc3ccc(I)cc3)n2-c2ccccc2)c1O. The van der Waals surface area contributed by atoms with Gasteiger partial charge in [0.2, 0.25) is 0 Å². The fourth-order valence-electron chi connectivity index (χ4n) is 3.39. The minimum atomic E-state index is -0.526. The Labute approximate surface area is 246 Å². The number of carbonyl (C=O) groups is 1. The predicted octanol–water partition coefficient (Wildman–Crippen LogP) is 5.59. The van der Waals surface area contributed by atoms with Gasteiger partial charge in [-0.25, -0.2) is 5.43 Å². The summed E-state index contributed by atoms with van der Waals surface area (Å²) >= 11 is 6.90. The summed E-state index contributed by atoms with van der Waals surface area (Å²) < 4.78 is 8.94. The van der Waals surface area contributed by atoms with Crippen LogP contribution in [0, 0.1) is 3.57 Å². The third-order valence-electron chi connectivity index (χ3n) is 5.33. The van der Waals surface area contributed by atoms with E-state index >= 15 is 0 Å². The lowest BCUT2D eigenvalue weighted by Crippen LogP contribution is -2.27. The Kier molecular flexibility index (Phi) is 9.63. The number of methoxy groups -OCH3 is 1. The van der Waals surface area contributed by atoms with Gasteiger partial charge in [0.25, 0.3) is 5.91 Å². The number of phenols is 1. The normalized spacial score (nSPS) is 11.9. The van der Waals surface area contributed by atoms with Crippen molar-refractivity contribution in [1.29, 1.82) is 0 Å². The maximum atomic E-state index is 12.8. The molecule has 1 heterocycles. The summed E-state index contributed by atoms with van der Waals surface area (Å²) in [5, 5.41) is 26.5. The molecule has 0 saturated heterocycles. The molecule has 3 N–H and O–H groups in total. The Balaban J connectivity index is 1.47. The van der Waals surface area contributed by atoms with Crippen LogP contribution in [0.15, 0.2) is 81.5 Å². The molecule has 0 spiro atoms. The zero-order valence-electron chi connectivity index (χ0n) is 20.4. The summed E-state index contributed by atoms with van der Waals surface area (Å²) in [4.78, 5) is 12.8. The fraction of sp³-hybridized carbons (Fsp3) is 0.154. The molecular formula is C26H24BrIN6O3S. The first-order chi connectivity index (χ1) is 18.4. The van der Waals surface area contributed by atoms with Crippen molar-refractivity contribution in [3.63, 3.8) is 0 Å². The Hall–Kier alpha value is -3.10. The number of nitrogens with one attached hydrogen (secondary N) is 2. The predicted molar refractivity (Wildman–Crippen MR) is 161 cm³/mol. The van der Waals surface area contributed by atoms with E-state index in [-0.39, 0.29) is 11.7 Å². The largest absolute Gasteiger partial charge is 0.504 e. The van der Waals surface area contributed by atoms with Crippen molar-refractivity contribution >= 4 is 68.1 Å². The Bertz CT molecular complexity index is 1430. The summed E-state index contributed by atoms with van der Waals surface area (Å²) in [5.41, 5.74) is 4.79. The Morgan fingerprint density at radius 3 is 2.66 bits per heavy atom. The smallest absolute Gasteiger partial charge is 0.253 e. The topological polar surface area (TPSA) is 114 Å². The molecule has 0 unspecified atom stereocenters. The summed E-state index contributed by atoms with van der Waals surface area (Å²) in [5.74, 6) is 0.609. The lowest BCUT2D eigenvalue weighted by Gasteiger charge is -2.13. The van der Waals surface area contributed by atoms with Gasteiger partial charge in [0.15, 0.2) is 22.5 Å². The highest BCUT2D eigenvalue weighted by atomic mass is 127. The molecule has 38 heavy (non-hydrogen) atoms. The minimum Gasteiger partial charge on any atom is -0.504 e. The van der Waals surface area contributed by atoms with Crippen molar-refractivity contribution in [1.82, 2.24) is 20.2 Å². The highest BCUT2D eigenvalue weighted by molar-refractivity contribution is 14.1. The van der Waals surface area contributed by atoms with Crippen molar-refractivity contribution < 1.29 is 14.6 Å². The molecule has 0 aliphatic carbocycles. The van der Waals surface area contributed by atoms with Gasteiger partial charge >= 0.3 is 0 Å². The summed E-state index contributed by atoms with van der Waals surface area (Å²) in [6.07, 6.45) is 1.36. The molecule has 196 valence electrons. The maximum absolute atomic E-state index is 12.8. The highest BCUT2D eigenvalue weighted by Crippen LogP contribution is 2.32. The van der Waals surface area contributed by atoms with E-state index in [0.29, 0.717) is 33.3 Å². The molecule has 4 rings (SSSR count). The number of phenolic OH excluding ortho intramolecular Hbond substituents is 1. The van der Waals surface area contributed by atoms with Crippen LogP contribution in [0.2, 0.25) is 0 Å². The molecule has 1 aromatic heterocycles. The second-order valence-corrected chi connectivity index (χ2v) is 11.4. The number of nitrogens with zero attached hydrogens (tertiary/aromatic N) is 4. The number of halogens is 2. The van der Waals surface area contributed by atoms with Gasteiger partial charge in [0, 0.05) is 25.0 Å². The van der Waals surface area contributed by atoms with E-state index in [2.05, 4.69) is 64.6 Å². The van der Waals surface area contributed by atoms with Crippen LogP contribution in [0.3, 0.4) is 0 Å². The van der Waals surface area contributed by atoms with Crippen LogP contribution < -0.4 is 15.5 Å². The van der Waals surface area contributed by atoms with E-state index in [0.717, 1.165) is 14.9 Å². The molecule has 12 heteroatoms. The molecule has 0 aliphatic rings. The highest BCUT2D eigenvalue weighted by Gasteiger charge is 2.21. The quantitative estimate of drug-likeness (QED) is 0.0853. The van der Waals surface area contributed by atoms with Crippen molar-refractivity contribution in [2.24, 2.45) is 5.10 Å².